The molecule has 6 aromatic carbocycles. The maximum absolute atomic E-state index is 4.21. The van der Waals surface area contributed by atoms with E-state index in [2.05, 4.69) is 202 Å². The van der Waals surface area contributed by atoms with E-state index in [1.54, 1.807) is 0 Å². The molecule has 0 N–H and O–H groups in total. The number of aromatic nitrogens is 1. The molecule has 1 aromatic heterocycles. The largest absolute Gasteiger partial charge is 0.308 e. The lowest BCUT2D eigenvalue weighted by Crippen LogP contribution is -2.41. The molecule has 3 heteroatoms. The molecule has 1 atom stereocenters. The van der Waals surface area contributed by atoms with Crippen LogP contribution >= 0.6 is 31.9 Å². The summed E-state index contributed by atoms with van der Waals surface area (Å²) in [7, 11) is 0. The number of para-hydroxylation sites is 1. The first-order valence-corrected chi connectivity index (χ1v) is 17.9. The van der Waals surface area contributed by atoms with E-state index in [-0.39, 0.29) is 0 Å². The van der Waals surface area contributed by atoms with E-state index in [0.29, 0.717) is 0 Å². The molecular formula is C45H31Br2N. The lowest BCUT2D eigenvalue weighted by atomic mass is 9.58. The Kier molecular flexibility index (Phi) is 6.70. The first-order chi connectivity index (χ1) is 23.6. The van der Waals surface area contributed by atoms with Crippen LogP contribution in [0.25, 0.3) is 27.5 Å². The van der Waals surface area contributed by atoms with E-state index in [4.69, 9.17) is 0 Å². The molecule has 2 aliphatic heterocycles. The van der Waals surface area contributed by atoms with Gasteiger partial charge < -0.3 is 4.57 Å². The maximum Gasteiger partial charge on any atom is 0.0743 e. The first kappa shape index (κ1) is 29.4. The number of benzene rings is 6. The van der Waals surface area contributed by atoms with Crippen LogP contribution in [0, 0.1) is 0 Å². The molecule has 0 saturated carbocycles. The van der Waals surface area contributed by atoms with E-state index < -0.39 is 10.8 Å². The molecule has 0 saturated heterocycles. The van der Waals surface area contributed by atoms with Crippen molar-refractivity contribution < 1.29 is 0 Å². The Bertz CT molecular complexity index is 2450. The highest BCUT2D eigenvalue weighted by Gasteiger charge is 2.52. The molecule has 0 amide bonds. The summed E-state index contributed by atoms with van der Waals surface area (Å²) >= 11 is 8.00. The Morgan fingerprint density at radius 1 is 0.604 bits per heavy atom. The summed E-state index contributed by atoms with van der Waals surface area (Å²) in [6, 6.07) is 49.5. The summed E-state index contributed by atoms with van der Waals surface area (Å²) in [5.74, 6) is 0. The zero-order chi connectivity index (χ0) is 32.6. The monoisotopic (exact) mass is 743 g/mol. The number of fused-ring (bicyclic) bond motifs is 1. The third-order valence-electron chi connectivity index (χ3n) is 10.5. The van der Waals surface area contributed by atoms with Gasteiger partial charge in [0.2, 0.25) is 0 Å². The number of hydrogen-bond acceptors (Lipinski definition) is 0. The Balaban J connectivity index is 1.64. The smallest absolute Gasteiger partial charge is 0.0743 e. The molecule has 3 heterocycles. The average Bonchev–Trinajstić information content (AvgIpc) is 3.44. The summed E-state index contributed by atoms with van der Waals surface area (Å²) in [6.07, 6.45) is 8.56. The van der Waals surface area contributed by atoms with Crippen LogP contribution < -0.4 is 0 Å². The predicted molar refractivity (Wildman–Crippen MR) is 207 cm³/mol. The minimum atomic E-state index is -0.631. The van der Waals surface area contributed by atoms with E-state index in [1.165, 1.54) is 72.0 Å². The molecular weight excluding hydrogens is 714 g/mol. The lowest BCUT2D eigenvalue weighted by Gasteiger charge is -2.48. The molecule has 230 valence electrons. The van der Waals surface area contributed by atoms with Crippen LogP contribution in [0.2, 0.25) is 0 Å². The fraction of sp³-hybridized carbons (Fsp3) is 0.0667. The number of nitrogens with zero attached hydrogens (tertiary/aromatic N) is 1. The standard InChI is InChI=1S/C45H31Br2N/c1-3-15-29(16-4-2)44(30-17-8-5-9-18-30)37-23-14-24-38-43(37)48-41-35(25-33(46)27-39(41)44)36-26-34(47)28-40(42(36)48)45(38,31-19-10-6-11-20-31)32-21-12-7-13-22-32/h3-28H,1H2,2H3/b16-4-,29-15+. The van der Waals surface area contributed by atoms with Gasteiger partial charge >= 0.3 is 0 Å². The fourth-order valence-electron chi connectivity index (χ4n) is 8.93. The Morgan fingerprint density at radius 2 is 1.12 bits per heavy atom. The summed E-state index contributed by atoms with van der Waals surface area (Å²) < 4.78 is 4.71. The second kappa shape index (κ2) is 10.9. The molecule has 48 heavy (non-hydrogen) atoms. The van der Waals surface area contributed by atoms with Crippen LogP contribution in [0.3, 0.4) is 0 Å². The van der Waals surface area contributed by atoms with Crippen molar-refractivity contribution in [3.8, 4) is 5.69 Å². The number of allylic oxidation sites excluding steroid dienone is 5. The SMILES string of the molecule is C=C/C=C(\C=C/C)C1(c2ccccc2)c2cccc3c2-n2c4c1cc(Br)cc4c1cc(Br)cc(c12)C3(c1ccccc1)c1ccccc1. The normalized spacial score (nSPS) is 17.4. The highest BCUT2D eigenvalue weighted by molar-refractivity contribution is 9.10. The second-order valence-electron chi connectivity index (χ2n) is 12.7. The van der Waals surface area contributed by atoms with Gasteiger partial charge in [-0.3, -0.25) is 0 Å². The third-order valence-corrected chi connectivity index (χ3v) is 11.4. The topological polar surface area (TPSA) is 4.93 Å². The van der Waals surface area contributed by atoms with Gasteiger partial charge in [-0.15, -0.1) is 0 Å². The van der Waals surface area contributed by atoms with Gasteiger partial charge in [-0.2, -0.15) is 0 Å². The van der Waals surface area contributed by atoms with Gasteiger partial charge in [-0.05, 0) is 75.7 Å². The Morgan fingerprint density at radius 3 is 1.69 bits per heavy atom. The van der Waals surface area contributed by atoms with E-state index >= 15 is 0 Å². The maximum atomic E-state index is 4.21. The molecule has 0 radical (unpaired) electrons. The molecule has 2 aliphatic rings. The van der Waals surface area contributed by atoms with Crippen molar-refractivity contribution >= 4 is 53.7 Å². The van der Waals surface area contributed by atoms with Crippen LogP contribution in [0.4, 0.5) is 0 Å². The third kappa shape index (κ3) is 3.66. The molecule has 0 bridgehead atoms. The van der Waals surface area contributed by atoms with Crippen molar-refractivity contribution in [1.82, 2.24) is 4.57 Å². The second-order valence-corrected chi connectivity index (χ2v) is 14.5. The van der Waals surface area contributed by atoms with Crippen molar-refractivity contribution in [3.63, 3.8) is 0 Å². The van der Waals surface area contributed by atoms with Crippen molar-refractivity contribution in [1.29, 1.82) is 0 Å². The van der Waals surface area contributed by atoms with Crippen LogP contribution in [0.15, 0.2) is 179 Å². The molecule has 7 aromatic rings. The van der Waals surface area contributed by atoms with Gasteiger partial charge in [0.1, 0.15) is 0 Å². The quantitative estimate of drug-likeness (QED) is 0.149. The van der Waals surface area contributed by atoms with Gasteiger partial charge in [-0.25, -0.2) is 0 Å². The molecule has 0 spiro atoms. The zero-order valence-corrected chi connectivity index (χ0v) is 29.6. The predicted octanol–water partition coefficient (Wildman–Crippen LogP) is 12.3. The summed E-state index contributed by atoms with van der Waals surface area (Å²) in [5, 5.41) is 2.46. The van der Waals surface area contributed by atoms with E-state index in [9.17, 15) is 0 Å². The van der Waals surface area contributed by atoms with E-state index in [1.807, 2.05) is 6.08 Å². The highest BCUT2D eigenvalue weighted by atomic mass is 79.9. The zero-order valence-electron chi connectivity index (χ0n) is 26.4. The fourth-order valence-corrected chi connectivity index (χ4v) is 9.85. The minimum absolute atomic E-state index is 0.583. The van der Waals surface area contributed by atoms with Crippen molar-refractivity contribution in [2.45, 2.75) is 17.8 Å². The summed E-state index contributed by atoms with van der Waals surface area (Å²) in [6.45, 7) is 6.32. The molecule has 1 nitrogen and oxygen atoms in total. The van der Waals surface area contributed by atoms with Gasteiger partial charge in [0.15, 0.2) is 0 Å². The van der Waals surface area contributed by atoms with Crippen molar-refractivity contribution in [3.05, 3.63) is 218 Å². The Labute approximate surface area is 297 Å². The van der Waals surface area contributed by atoms with Gasteiger partial charge in [-0.1, -0.05) is 172 Å². The average molecular weight is 746 g/mol. The first-order valence-electron chi connectivity index (χ1n) is 16.3. The summed E-state index contributed by atoms with van der Waals surface area (Å²) in [5.41, 5.74) is 12.5. The van der Waals surface area contributed by atoms with Crippen molar-refractivity contribution in [2.75, 3.05) is 0 Å². The molecule has 1 unspecified atom stereocenters. The van der Waals surface area contributed by atoms with Crippen molar-refractivity contribution in [2.24, 2.45) is 0 Å². The summed E-state index contributed by atoms with van der Waals surface area (Å²) in [4.78, 5) is 0. The van der Waals surface area contributed by atoms with Gasteiger partial charge in [0.25, 0.3) is 0 Å². The molecule has 0 aliphatic carbocycles. The van der Waals surface area contributed by atoms with Crippen LogP contribution in [-0.4, -0.2) is 4.57 Å². The van der Waals surface area contributed by atoms with Crippen LogP contribution in [-0.2, 0) is 10.8 Å². The minimum Gasteiger partial charge on any atom is -0.308 e. The van der Waals surface area contributed by atoms with Crippen LogP contribution in [0.5, 0.6) is 0 Å². The van der Waals surface area contributed by atoms with E-state index in [0.717, 1.165) is 8.95 Å². The van der Waals surface area contributed by atoms with Gasteiger partial charge in [0, 0.05) is 19.7 Å². The lowest BCUT2D eigenvalue weighted by molar-refractivity contribution is 0.682. The Hall–Kier alpha value is -4.70. The van der Waals surface area contributed by atoms with Crippen LogP contribution in [0.1, 0.15) is 45.9 Å². The van der Waals surface area contributed by atoms with Gasteiger partial charge in [0.05, 0.1) is 27.6 Å². The number of halogens is 2. The molecule has 0 fully saturated rings. The number of hydrogen-bond donors (Lipinski definition) is 0. The number of rotatable bonds is 6. The highest BCUT2D eigenvalue weighted by Crippen LogP contribution is 2.62. The molecule has 9 rings (SSSR count).